The zero-order valence-electron chi connectivity index (χ0n) is 51.3. The standard InChI is InChI=1S/C18H20ClN3O2.C16H22ClNO2.C11H14ClN.C10H17NO2.C6H4ClI.C5H7N3O/c1-21-17(23)6-5-16(20-21)11-18(24)22-8-7-14(12-22)9-13-3-2-4-15(19)10-13;1-16(2,3)20-15(19)18-8-7-13(11-18)9-12-5-4-6-14(17)10-12;12-11-3-1-2-9(7-11)6-10-4-5-13-8-10;1-8-5-6-11(7-8)9(12)13-10(2,3)4;7-5-2-1-3-6(8)4-5;1-8-5(9)3-2-4(6)7-8/h2-6,10,14H,7-9,11-12H2,1H3;4-6,10,13H,7-9,11H2,1-3H3;1-3,7,10,13H,4-6,8H2;1,5-7H2,2-4H3;1-4H;2-3H,1H3,(H2,6,7). The molecule has 0 radical (unpaired) electrons. The Morgan fingerprint density at radius 1 is 0.609 bits per heavy atom. The summed E-state index contributed by atoms with van der Waals surface area (Å²) in [6.45, 7) is 21.9. The highest BCUT2D eigenvalue weighted by molar-refractivity contribution is 14.1. The first-order valence-corrected chi connectivity index (χ1v) is 31.7. The predicted octanol–water partition coefficient (Wildman–Crippen LogP) is 13.2. The number of anilines is 1. The summed E-state index contributed by atoms with van der Waals surface area (Å²) >= 11 is 25.8. The van der Waals surface area contributed by atoms with Gasteiger partial charge >= 0.3 is 12.2 Å². The number of halogens is 5. The molecule has 10 rings (SSSR count). The van der Waals surface area contributed by atoms with Crippen molar-refractivity contribution in [2.24, 2.45) is 31.8 Å². The van der Waals surface area contributed by atoms with Crippen LogP contribution in [0.5, 0.6) is 0 Å². The van der Waals surface area contributed by atoms with Crippen molar-refractivity contribution in [3.63, 3.8) is 0 Å². The summed E-state index contributed by atoms with van der Waals surface area (Å²) in [6.07, 6.45) is 7.07. The molecule has 3 atom stereocenters. The second-order valence-electron chi connectivity index (χ2n) is 24.0. The van der Waals surface area contributed by atoms with Crippen molar-refractivity contribution < 1.29 is 23.9 Å². The summed E-state index contributed by atoms with van der Waals surface area (Å²) < 4.78 is 14.2. The summed E-state index contributed by atoms with van der Waals surface area (Å²) in [6, 6.07) is 37.7. The second-order valence-corrected chi connectivity index (χ2v) is 27.0. The van der Waals surface area contributed by atoms with Gasteiger partial charge < -0.3 is 35.2 Å². The summed E-state index contributed by atoms with van der Waals surface area (Å²) in [5.41, 5.74) is 9.64. The quantitative estimate of drug-likeness (QED) is 0.109. The molecular formula is C66H84Cl4IN9O7. The largest absolute Gasteiger partial charge is 0.444 e. The van der Waals surface area contributed by atoms with E-state index >= 15 is 0 Å². The highest BCUT2D eigenvalue weighted by Crippen LogP contribution is 2.26. The average molecular weight is 1380 g/mol. The molecule has 16 nitrogen and oxygen atoms in total. The van der Waals surface area contributed by atoms with Gasteiger partial charge in [-0.25, -0.2) is 19.0 Å². The minimum atomic E-state index is -0.428. The summed E-state index contributed by atoms with van der Waals surface area (Å²) in [5.74, 6) is 2.17. The zero-order valence-corrected chi connectivity index (χ0v) is 56.4. The Kier molecular flexibility index (Phi) is 29.1. The van der Waals surface area contributed by atoms with E-state index in [1.807, 2.05) is 119 Å². The average Bonchev–Trinajstić information content (AvgIpc) is 3.46. The van der Waals surface area contributed by atoms with Gasteiger partial charge in [0.25, 0.3) is 11.1 Å². The van der Waals surface area contributed by atoms with E-state index in [1.165, 1.54) is 60.8 Å². The minimum Gasteiger partial charge on any atom is -0.444 e. The second kappa shape index (κ2) is 35.3. The van der Waals surface area contributed by atoms with Gasteiger partial charge in [-0.3, -0.25) is 14.4 Å². The highest BCUT2D eigenvalue weighted by atomic mass is 127. The lowest BCUT2D eigenvalue weighted by Gasteiger charge is -2.24. The molecule has 87 heavy (non-hydrogen) atoms. The number of rotatable bonds is 8. The number of likely N-dealkylation sites (tertiary alicyclic amines) is 3. The molecule has 4 saturated heterocycles. The van der Waals surface area contributed by atoms with E-state index in [9.17, 15) is 24.0 Å². The number of nitrogens with one attached hydrogen (secondary N) is 1. The molecule has 4 fully saturated rings. The van der Waals surface area contributed by atoms with E-state index in [4.69, 9.17) is 61.6 Å². The predicted molar refractivity (Wildman–Crippen MR) is 360 cm³/mol. The maximum absolute atomic E-state index is 12.4. The van der Waals surface area contributed by atoms with E-state index in [0.29, 0.717) is 29.9 Å². The van der Waals surface area contributed by atoms with E-state index in [1.54, 1.807) is 30.0 Å². The number of nitrogen functional groups attached to an aromatic ring is 1. The molecule has 0 bridgehead atoms. The van der Waals surface area contributed by atoms with Crippen LogP contribution in [0.4, 0.5) is 15.4 Å². The molecule has 2 aromatic heterocycles. The van der Waals surface area contributed by atoms with Crippen molar-refractivity contribution in [1.82, 2.24) is 39.6 Å². The number of hydrogen-bond donors (Lipinski definition) is 2. The molecule has 470 valence electrons. The number of benzene rings is 4. The molecule has 0 spiro atoms. The number of carbonyl (C=O) groups is 3. The van der Waals surface area contributed by atoms with Crippen molar-refractivity contribution in [1.29, 1.82) is 0 Å². The Labute approximate surface area is 546 Å². The fourth-order valence-electron chi connectivity index (χ4n) is 9.69. The number of aryl methyl sites for hydroxylation is 2. The first-order valence-electron chi connectivity index (χ1n) is 29.1. The third kappa shape index (κ3) is 28.0. The maximum Gasteiger partial charge on any atom is 0.410 e. The normalized spacial score (nSPS) is 17.0. The Bertz CT molecular complexity index is 3310. The van der Waals surface area contributed by atoms with Crippen LogP contribution in [0.15, 0.2) is 143 Å². The van der Waals surface area contributed by atoms with Gasteiger partial charge in [0.05, 0.1) is 12.1 Å². The van der Waals surface area contributed by atoms with Crippen molar-refractivity contribution in [2.45, 2.75) is 104 Å². The SMILES string of the molecule is C=C1CCN(C(=O)OC(C)(C)C)C1.CC(C)(C)OC(=O)N1CCC(Cc2cccc(Cl)c2)C1.Clc1cccc(CC2CCNC2)c1.Clc1cccc(I)c1.Cn1nc(CC(=O)N2CCC(Cc3cccc(Cl)c3)C2)ccc1=O.Cn1nc(N)ccc1=O. The maximum atomic E-state index is 12.4. The van der Waals surface area contributed by atoms with Crippen LogP contribution in [-0.2, 0) is 54.0 Å². The molecule has 0 aliphatic carbocycles. The molecule has 3 unspecified atom stereocenters. The van der Waals surface area contributed by atoms with E-state index in [2.05, 4.69) is 68.9 Å². The van der Waals surface area contributed by atoms with Gasteiger partial charge in [0.2, 0.25) is 5.91 Å². The Morgan fingerprint density at radius 2 is 1.07 bits per heavy atom. The van der Waals surface area contributed by atoms with Crippen LogP contribution in [-0.4, -0.2) is 116 Å². The van der Waals surface area contributed by atoms with Crippen molar-refractivity contribution in [2.75, 3.05) is 58.1 Å². The van der Waals surface area contributed by atoms with E-state index in [-0.39, 0.29) is 35.6 Å². The monoisotopic (exact) mass is 1380 g/mol. The summed E-state index contributed by atoms with van der Waals surface area (Å²) in [7, 11) is 3.14. The van der Waals surface area contributed by atoms with Gasteiger partial charge in [0.1, 0.15) is 17.0 Å². The lowest BCUT2D eigenvalue weighted by molar-refractivity contribution is -0.129. The fourth-order valence-corrected chi connectivity index (χ4v) is 11.2. The fraction of sp³-hybridized carbons (Fsp3) is 0.439. The number of nitrogens with zero attached hydrogens (tertiary/aromatic N) is 7. The molecular weight excluding hydrogens is 1300 g/mol. The van der Waals surface area contributed by atoms with Crippen LogP contribution < -0.4 is 22.2 Å². The highest BCUT2D eigenvalue weighted by Gasteiger charge is 2.31. The molecule has 6 heterocycles. The number of nitrogens with two attached hydrogens (primary N) is 1. The molecule has 4 aromatic carbocycles. The lowest BCUT2D eigenvalue weighted by Crippen LogP contribution is -2.35. The molecule has 3 N–H and O–H groups in total. The molecule has 4 aliphatic heterocycles. The smallest absolute Gasteiger partial charge is 0.410 e. The molecule has 3 amide bonds. The van der Waals surface area contributed by atoms with Crippen LogP contribution in [0, 0.1) is 21.3 Å². The number of ether oxygens (including phenoxy) is 2. The molecule has 21 heteroatoms. The molecule has 6 aromatic rings. The van der Waals surface area contributed by atoms with Crippen molar-refractivity contribution in [3.8, 4) is 0 Å². The molecule has 4 aliphatic rings. The summed E-state index contributed by atoms with van der Waals surface area (Å²) in [5, 5.41) is 14.3. The van der Waals surface area contributed by atoms with Crippen LogP contribution in [0.1, 0.15) is 89.6 Å². The third-order valence-electron chi connectivity index (χ3n) is 13.9. The minimum absolute atomic E-state index is 0.0646. The Morgan fingerprint density at radius 3 is 1.48 bits per heavy atom. The van der Waals surface area contributed by atoms with Crippen LogP contribution in [0.2, 0.25) is 20.1 Å². The first-order chi connectivity index (χ1) is 41.1. The van der Waals surface area contributed by atoms with Gasteiger partial charge in [-0.15, -0.1) is 0 Å². The Hall–Kier alpha value is -5.96. The van der Waals surface area contributed by atoms with E-state index in [0.717, 1.165) is 109 Å². The first kappa shape index (κ1) is 71.8. The van der Waals surface area contributed by atoms with E-state index < -0.39 is 11.2 Å². The number of amides is 3. The van der Waals surface area contributed by atoms with Crippen LogP contribution in [0.3, 0.4) is 0 Å². The van der Waals surface area contributed by atoms with Crippen LogP contribution in [0.25, 0.3) is 0 Å². The number of hydrogen-bond acceptors (Lipinski definition) is 11. The zero-order chi connectivity index (χ0) is 63.8. The lowest BCUT2D eigenvalue weighted by atomic mass is 9.99. The van der Waals surface area contributed by atoms with Gasteiger partial charge in [-0.05, 0) is 223 Å². The molecule has 0 saturated carbocycles. The van der Waals surface area contributed by atoms with Gasteiger partial charge in [0, 0.05) is 89.2 Å². The van der Waals surface area contributed by atoms with Crippen LogP contribution >= 0.6 is 69.0 Å². The van der Waals surface area contributed by atoms with Gasteiger partial charge in [-0.1, -0.05) is 101 Å². The number of aromatic nitrogens is 4. The Balaban J connectivity index is 0.000000198. The summed E-state index contributed by atoms with van der Waals surface area (Å²) in [4.78, 5) is 63.3. The topological polar surface area (TPSA) is 187 Å². The number of carbonyl (C=O) groups excluding carboxylic acids is 3. The van der Waals surface area contributed by atoms with Gasteiger partial charge in [0.15, 0.2) is 0 Å². The van der Waals surface area contributed by atoms with Crippen molar-refractivity contribution >= 4 is 92.9 Å². The third-order valence-corrected chi connectivity index (χ3v) is 15.5. The van der Waals surface area contributed by atoms with Gasteiger partial charge in [-0.2, -0.15) is 10.2 Å². The van der Waals surface area contributed by atoms with Crippen molar-refractivity contribution in [3.05, 3.63) is 200 Å².